The molecule has 0 spiro atoms. The van der Waals surface area contributed by atoms with Gasteiger partial charge in [-0.2, -0.15) is 0 Å². The molecule has 104 valence electrons. The second-order valence-corrected chi connectivity index (χ2v) is 6.45. The fourth-order valence-electron chi connectivity index (χ4n) is 3.27. The Balaban J connectivity index is 1.58. The number of likely N-dealkylation sites (tertiary alicyclic amines) is 1. The highest BCUT2D eigenvalue weighted by Gasteiger charge is 2.30. The molecule has 3 rings (SSSR count). The van der Waals surface area contributed by atoms with Crippen LogP contribution in [0, 0.1) is 12.8 Å². The Kier molecular flexibility index (Phi) is 3.84. The number of amides is 1. The molecule has 2 fully saturated rings. The van der Waals surface area contributed by atoms with Gasteiger partial charge in [0, 0.05) is 19.1 Å². The lowest BCUT2D eigenvalue weighted by Gasteiger charge is -2.34. The molecule has 4 nitrogen and oxygen atoms in total. The van der Waals surface area contributed by atoms with Crippen molar-refractivity contribution in [1.29, 1.82) is 0 Å². The number of nitrogens with one attached hydrogen (secondary N) is 1. The molecule has 2 aliphatic rings. The topological polar surface area (TPSA) is 45.2 Å². The summed E-state index contributed by atoms with van der Waals surface area (Å²) in [5.74, 6) is 0.937. The average molecular weight is 279 g/mol. The molecule has 1 atom stereocenters. The second kappa shape index (κ2) is 5.59. The minimum atomic E-state index is 0.179. The Morgan fingerprint density at radius 1 is 1.42 bits per heavy atom. The van der Waals surface area contributed by atoms with Crippen molar-refractivity contribution in [3.8, 4) is 0 Å². The van der Waals surface area contributed by atoms with Gasteiger partial charge in [0.1, 0.15) is 4.88 Å². The van der Waals surface area contributed by atoms with E-state index >= 15 is 0 Å². The second-order valence-electron chi connectivity index (χ2n) is 5.60. The molecular weight excluding hydrogens is 258 g/mol. The Bertz CT molecular complexity index is 445. The Morgan fingerprint density at radius 2 is 2.21 bits per heavy atom. The smallest absolute Gasteiger partial charge is 0.265 e. The number of aryl methyl sites for hydroxylation is 1. The number of aromatic nitrogens is 1. The molecular formula is C14H21N3OS. The van der Waals surface area contributed by atoms with Gasteiger partial charge in [-0.1, -0.05) is 0 Å². The average Bonchev–Trinajstić information content (AvgIpc) is 3.09. The molecule has 2 aliphatic heterocycles. The zero-order valence-electron chi connectivity index (χ0n) is 11.4. The van der Waals surface area contributed by atoms with Crippen LogP contribution in [-0.4, -0.2) is 41.5 Å². The number of nitrogens with zero attached hydrogens (tertiary/aromatic N) is 2. The van der Waals surface area contributed by atoms with E-state index in [0.717, 1.165) is 42.4 Å². The van der Waals surface area contributed by atoms with Crippen LogP contribution < -0.4 is 5.32 Å². The minimum Gasteiger partial charge on any atom is -0.338 e. The Hall–Kier alpha value is -0.940. The molecule has 0 bridgehead atoms. The van der Waals surface area contributed by atoms with Crippen LogP contribution in [0.3, 0.4) is 0 Å². The molecule has 1 aromatic rings. The molecule has 1 aromatic heterocycles. The molecule has 19 heavy (non-hydrogen) atoms. The predicted octanol–water partition coefficient (Wildman–Crippen LogP) is 2.06. The summed E-state index contributed by atoms with van der Waals surface area (Å²) in [6.07, 6.45) is 4.90. The van der Waals surface area contributed by atoms with Gasteiger partial charge < -0.3 is 10.2 Å². The summed E-state index contributed by atoms with van der Waals surface area (Å²) in [7, 11) is 0. The third kappa shape index (κ3) is 2.67. The maximum Gasteiger partial charge on any atom is 0.265 e. The van der Waals surface area contributed by atoms with E-state index in [4.69, 9.17) is 0 Å². The van der Waals surface area contributed by atoms with Crippen LogP contribution in [0.1, 0.15) is 41.0 Å². The van der Waals surface area contributed by atoms with Crippen LogP contribution in [0.2, 0.25) is 0 Å². The highest BCUT2D eigenvalue weighted by Crippen LogP contribution is 2.27. The van der Waals surface area contributed by atoms with Crippen LogP contribution in [0.4, 0.5) is 0 Å². The summed E-state index contributed by atoms with van der Waals surface area (Å²) >= 11 is 1.46. The molecule has 1 unspecified atom stereocenters. The maximum atomic E-state index is 12.4. The van der Waals surface area contributed by atoms with Crippen LogP contribution in [0.5, 0.6) is 0 Å². The fourth-order valence-corrected chi connectivity index (χ4v) is 4.04. The normalized spacial score (nSPS) is 24.9. The summed E-state index contributed by atoms with van der Waals surface area (Å²) < 4.78 is 0. The van der Waals surface area contributed by atoms with E-state index < -0.39 is 0 Å². The van der Waals surface area contributed by atoms with Crippen molar-refractivity contribution in [3.63, 3.8) is 0 Å². The van der Waals surface area contributed by atoms with Crippen LogP contribution in [0.15, 0.2) is 5.51 Å². The van der Waals surface area contributed by atoms with Gasteiger partial charge in [0.2, 0.25) is 0 Å². The van der Waals surface area contributed by atoms with Crippen molar-refractivity contribution in [2.45, 2.75) is 38.6 Å². The Labute approximate surface area is 118 Å². The van der Waals surface area contributed by atoms with Gasteiger partial charge in [-0.25, -0.2) is 4.98 Å². The fraction of sp³-hybridized carbons (Fsp3) is 0.714. The molecule has 0 radical (unpaired) electrons. The van der Waals surface area contributed by atoms with Crippen molar-refractivity contribution < 1.29 is 4.79 Å². The molecule has 3 heterocycles. The number of rotatable bonds is 2. The summed E-state index contributed by atoms with van der Waals surface area (Å²) in [4.78, 5) is 19.4. The zero-order chi connectivity index (χ0) is 13.2. The number of thiazole rings is 1. The third-order valence-electron chi connectivity index (χ3n) is 4.43. The Morgan fingerprint density at radius 3 is 2.79 bits per heavy atom. The van der Waals surface area contributed by atoms with Crippen molar-refractivity contribution in [1.82, 2.24) is 15.2 Å². The van der Waals surface area contributed by atoms with Crippen molar-refractivity contribution >= 4 is 17.2 Å². The summed E-state index contributed by atoms with van der Waals surface area (Å²) in [6.45, 7) is 4.89. The van der Waals surface area contributed by atoms with Gasteiger partial charge in [-0.05, 0) is 45.1 Å². The summed E-state index contributed by atoms with van der Waals surface area (Å²) in [5.41, 5.74) is 2.63. The lowest BCUT2D eigenvalue weighted by atomic mass is 9.88. The third-order valence-corrected chi connectivity index (χ3v) is 5.35. The first kappa shape index (κ1) is 13.1. The van der Waals surface area contributed by atoms with E-state index in [1.807, 2.05) is 11.8 Å². The van der Waals surface area contributed by atoms with Crippen LogP contribution in [-0.2, 0) is 0 Å². The highest BCUT2D eigenvalue weighted by atomic mass is 32.1. The first-order chi connectivity index (χ1) is 9.25. The number of hydrogen-bond acceptors (Lipinski definition) is 4. The van der Waals surface area contributed by atoms with Crippen LogP contribution in [0.25, 0.3) is 0 Å². The van der Waals surface area contributed by atoms with E-state index in [0.29, 0.717) is 6.04 Å². The van der Waals surface area contributed by atoms with Crippen molar-refractivity contribution in [2.24, 2.45) is 5.92 Å². The van der Waals surface area contributed by atoms with E-state index in [1.54, 1.807) is 5.51 Å². The number of piperidine rings is 1. The van der Waals surface area contributed by atoms with E-state index in [2.05, 4.69) is 10.3 Å². The van der Waals surface area contributed by atoms with Gasteiger partial charge in [-0.3, -0.25) is 4.79 Å². The monoisotopic (exact) mass is 279 g/mol. The van der Waals surface area contributed by atoms with Gasteiger partial charge in [0.05, 0.1) is 11.2 Å². The molecule has 0 aromatic carbocycles. The molecule has 1 N–H and O–H groups in total. The van der Waals surface area contributed by atoms with Gasteiger partial charge >= 0.3 is 0 Å². The highest BCUT2D eigenvalue weighted by molar-refractivity contribution is 7.11. The number of hydrogen-bond donors (Lipinski definition) is 1. The maximum absolute atomic E-state index is 12.4. The lowest BCUT2D eigenvalue weighted by molar-refractivity contribution is 0.0678. The molecule has 2 saturated heterocycles. The quantitative estimate of drug-likeness (QED) is 0.901. The summed E-state index contributed by atoms with van der Waals surface area (Å²) in [5, 5.41) is 3.60. The van der Waals surface area contributed by atoms with Crippen molar-refractivity contribution in [3.05, 3.63) is 16.1 Å². The molecule has 0 saturated carbocycles. The molecule has 0 aliphatic carbocycles. The SMILES string of the molecule is Cc1ncsc1C(=O)N1CCC(C2CCCN2)CC1. The standard InChI is InChI=1S/C14H21N3OS/c1-10-13(19-9-16-10)14(18)17-7-4-11(5-8-17)12-3-2-6-15-12/h9,11-12,15H,2-8H2,1H3. The summed E-state index contributed by atoms with van der Waals surface area (Å²) in [6, 6.07) is 0.697. The van der Waals surface area contributed by atoms with E-state index in [1.165, 1.54) is 30.7 Å². The number of carbonyl (C=O) groups excluding carboxylic acids is 1. The lowest BCUT2D eigenvalue weighted by Crippen LogP contribution is -2.43. The first-order valence-electron chi connectivity index (χ1n) is 7.18. The van der Waals surface area contributed by atoms with Gasteiger partial charge in [0.25, 0.3) is 5.91 Å². The van der Waals surface area contributed by atoms with Gasteiger partial charge in [-0.15, -0.1) is 11.3 Å². The number of carbonyl (C=O) groups is 1. The molecule has 1 amide bonds. The minimum absolute atomic E-state index is 0.179. The van der Waals surface area contributed by atoms with Gasteiger partial charge in [0.15, 0.2) is 0 Å². The largest absolute Gasteiger partial charge is 0.338 e. The zero-order valence-corrected chi connectivity index (χ0v) is 12.2. The van der Waals surface area contributed by atoms with Crippen LogP contribution >= 0.6 is 11.3 Å². The van der Waals surface area contributed by atoms with Crippen molar-refractivity contribution in [2.75, 3.05) is 19.6 Å². The first-order valence-corrected chi connectivity index (χ1v) is 8.06. The predicted molar refractivity (Wildman–Crippen MR) is 76.5 cm³/mol. The molecule has 5 heteroatoms. The van der Waals surface area contributed by atoms with E-state index in [-0.39, 0.29) is 5.91 Å². The van der Waals surface area contributed by atoms with E-state index in [9.17, 15) is 4.79 Å².